The summed E-state index contributed by atoms with van der Waals surface area (Å²) in [5.41, 5.74) is 1.37. The molecule has 1 aromatic rings. The van der Waals surface area contributed by atoms with Crippen LogP contribution in [0.1, 0.15) is 35.2 Å². The lowest BCUT2D eigenvalue weighted by atomic mass is 10.1. The number of hydrogen-bond acceptors (Lipinski definition) is 4. The lowest BCUT2D eigenvalue weighted by Gasteiger charge is -2.16. The van der Waals surface area contributed by atoms with E-state index >= 15 is 0 Å². The Labute approximate surface area is 108 Å². The van der Waals surface area contributed by atoms with Gasteiger partial charge in [-0.3, -0.25) is 4.79 Å². The number of carbonyl (C=O) groups is 1. The number of carbonyl (C=O) groups excluding carboxylic acids is 1. The lowest BCUT2D eigenvalue weighted by Crippen LogP contribution is -2.31. The van der Waals surface area contributed by atoms with E-state index in [0.717, 1.165) is 26.1 Å². The summed E-state index contributed by atoms with van der Waals surface area (Å²) < 4.78 is 5.19. The first-order chi connectivity index (χ1) is 8.67. The summed E-state index contributed by atoms with van der Waals surface area (Å²) in [6, 6.07) is 0. The molecular formula is C13H21N3O2. The third kappa shape index (κ3) is 2.41. The van der Waals surface area contributed by atoms with Gasteiger partial charge in [-0.1, -0.05) is 12.1 Å². The molecule has 0 aromatic carbocycles. The molecule has 5 nitrogen and oxygen atoms in total. The zero-order valence-electron chi connectivity index (χ0n) is 11.3. The van der Waals surface area contributed by atoms with Crippen LogP contribution in [0.3, 0.4) is 0 Å². The highest BCUT2D eigenvalue weighted by atomic mass is 16.5. The third-order valence-corrected chi connectivity index (χ3v) is 3.53. The van der Waals surface area contributed by atoms with Gasteiger partial charge in [0.1, 0.15) is 11.3 Å². The van der Waals surface area contributed by atoms with E-state index in [1.807, 2.05) is 25.8 Å². The first-order valence-corrected chi connectivity index (χ1v) is 6.56. The maximum absolute atomic E-state index is 12.5. The predicted molar refractivity (Wildman–Crippen MR) is 68.6 cm³/mol. The molecule has 2 heterocycles. The number of nitrogens with zero attached hydrogens (tertiary/aromatic N) is 2. The molecule has 0 spiro atoms. The van der Waals surface area contributed by atoms with Crippen LogP contribution in [0.15, 0.2) is 4.52 Å². The van der Waals surface area contributed by atoms with Crippen molar-refractivity contribution in [3.05, 3.63) is 17.0 Å². The predicted octanol–water partition coefficient (Wildman–Crippen LogP) is 1.23. The maximum Gasteiger partial charge on any atom is 0.259 e. The second-order valence-corrected chi connectivity index (χ2v) is 4.88. The molecular weight excluding hydrogens is 230 g/mol. The van der Waals surface area contributed by atoms with Crippen molar-refractivity contribution in [1.29, 1.82) is 0 Å². The molecule has 100 valence electrons. The molecule has 1 N–H and O–H groups in total. The van der Waals surface area contributed by atoms with Crippen LogP contribution in [-0.2, 0) is 6.42 Å². The smallest absolute Gasteiger partial charge is 0.259 e. The number of nitrogens with one attached hydrogen (secondary N) is 1. The Balaban J connectivity index is 2.10. The zero-order chi connectivity index (χ0) is 13.1. The number of amides is 1. The molecule has 5 heteroatoms. The van der Waals surface area contributed by atoms with E-state index < -0.39 is 0 Å². The van der Waals surface area contributed by atoms with Gasteiger partial charge in [0, 0.05) is 19.5 Å². The van der Waals surface area contributed by atoms with Gasteiger partial charge in [0.15, 0.2) is 0 Å². The standard InChI is InChI=1S/C13H21N3O2/c1-4-11-12(9(2)15-18-11)13(17)16-6-5-10(8-16)7-14-3/h10,14H,4-8H2,1-3H3. The SMILES string of the molecule is CCc1onc(C)c1C(=O)N1CCC(CNC)C1. The molecule has 1 amide bonds. The Morgan fingerprint density at radius 3 is 3.06 bits per heavy atom. The largest absolute Gasteiger partial charge is 0.360 e. The quantitative estimate of drug-likeness (QED) is 0.874. The highest BCUT2D eigenvalue weighted by Gasteiger charge is 2.30. The number of hydrogen-bond donors (Lipinski definition) is 1. The van der Waals surface area contributed by atoms with E-state index in [4.69, 9.17) is 4.52 Å². The highest BCUT2D eigenvalue weighted by Crippen LogP contribution is 2.22. The van der Waals surface area contributed by atoms with Crippen LogP contribution in [0.25, 0.3) is 0 Å². The normalized spacial score (nSPS) is 19.5. The minimum Gasteiger partial charge on any atom is -0.360 e. The van der Waals surface area contributed by atoms with E-state index in [-0.39, 0.29) is 5.91 Å². The van der Waals surface area contributed by atoms with Crippen LogP contribution in [0.4, 0.5) is 0 Å². The summed E-state index contributed by atoms with van der Waals surface area (Å²) in [5, 5.41) is 7.07. The van der Waals surface area contributed by atoms with Gasteiger partial charge in [-0.15, -0.1) is 0 Å². The number of likely N-dealkylation sites (tertiary alicyclic amines) is 1. The summed E-state index contributed by atoms with van der Waals surface area (Å²) >= 11 is 0. The van der Waals surface area contributed by atoms with Crippen molar-refractivity contribution in [3.8, 4) is 0 Å². The molecule has 18 heavy (non-hydrogen) atoms. The monoisotopic (exact) mass is 251 g/mol. The first-order valence-electron chi connectivity index (χ1n) is 6.56. The van der Waals surface area contributed by atoms with Gasteiger partial charge in [0.2, 0.25) is 0 Å². The number of rotatable bonds is 4. The fraction of sp³-hybridized carbons (Fsp3) is 0.692. The average molecular weight is 251 g/mol. The molecule has 1 fully saturated rings. The Hall–Kier alpha value is -1.36. The van der Waals surface area contributed by atoms with Gasteiger partial charge >= 0.3 is 0 Å². The molecule has 0 bridgehead atoms. The Bertz CT molecular complexity index is 428. The van der Waals surface area contributed by atoms with Gasteiger partial charge < -0.3 is 14.7 Å². The maximum atomic E-state index is 12.5. The van der Waals surface area contributed by atoms with Crippen LogP contribution < -0.4 is 5.32 Å². The fourth-order valence-electron chi connectivity index (χ4n) is 2.56. The van der Waals surface area contributed by atoms with E-state index in [0.29, 0.717) is 29.4 Å². The third-order valence-electron chi connectivity index (χ3n) is 3.53. The van der Waals surface area contributed by atoms with Gasteiger partial charge in [-0.25, -0.2) is 0 Å². The highest BCUT2D eigenvalue weighted by molar-refractivity contribution is 5.96. The van der Waals surface area contributed by atoms with E-state index in [1.165, 1.54) is 0 Å². The molecule has 0 aliphatic carbocycles. The van der Waals surface area contributed by atoms with Crippen LogP contribution in [0.2, 0.25) is 0 Å². The number of aryl methyl sites for hydroxylation is 2. The minimum absolute atomic E-state index is 0.0733. The second-order valence-electron chi connectivity index (χ2n) is 4.88. The van der Waals surface area contributed by atoms with Crippen molar-refractivity contribution in [2.75, 3.05) is 26.7 Å². The lowest BCUT2D eigenvalue weighted by molar-refractivity contribution is 0.0784. The topological polar surface area (TPSA) is 58.4 Å². The molecule has 0 radical (unpaired) electrons. The fourth-order valence-corrected chi connectivity index (χ4v) is 2.56. The van der Waals surface area contributed by atoms with Crippen molar-refractivity contribution in [2.24, 2.45) is 5.92 Å². The van der Waals surface area contributed by atoms with E-state index in [1.54, 1.807) is 0 Å². The van der Waals surface area contributed by atoms with Crippen molar-refractivity contribution >= 4 is 5.91 Å². The van der Waals surface area contributed by atoms with Gasteiger partial charge in [0.05, 0.1) is 5.69 Å². The van der Waals surface area contributed by atoms with Crippen molar-refractivity contribution in [3.63, 3.8) is 0 Å². The van der Waals surface area contributed by atoms with Crippen LogP contribution >= 0.6 is 0 Å². The summed E-state index contributed by atoms with van der Waals surface area (Å²) in [7, 11) is 1.95. The second kappa shape index (κ2) is 5.52. The summed E-state index contributed by atoms with van der Waals surface area (Å²) in [4.78, 5) is 14.4. The zero-order valence-corrected chi connectivity index (χ0v) is 11.3. The molecule has 1 saturated heterocycles. The Morgan fingerprint density at radius 1 is 1.61 bits per heavy atom. The summed E-state index contributed by atoms with van der Waals surface area (Å²) in [5.74, 6) is 1.34. The summed E-state index contributed by atoms with van der Waals surface area (Å²) in [6.45, 7) is 6.43. The summed E-state index contributed by atoms with van der Waals surface area (Å²) in [6.07, 6.45) is 1.77. The van der Waals surface area contributed by atoms with Crippen LogP contribution in [0.5, 0.6) is 0 Å². The van der Waals surface area contributed by atoms with E-state index in [9.17, 15) is 4.79 Å². The first kappa shape index (κ1) is 13.1. The van der Waals surface area contributed by atoms with Gasteiger partial charge in [-0.05, 0) is 32.9 Å². The van der Waals surface area contributed by atoms with E-state index in [2.05, 4.69) is 10.5 Å². The molecule has 1 aromatic heterocycles. The van der Waals surface area contributed by atoms with Gasteiger partial charge in [-0.2, -0.15) is 0 Å². The Kier molecular flexibility index (Phi) is 4.01. The molecule has 1 aliphatic rings. The number of aromatic nitrogens is 1. The van der Waals surface area contributed by atoms with Crippen molar-refractivity contribution < 1.29 is 9.32 Å². The molecule has 0 saturated carbocycles. The van der Waals surface area contributed by atoms with Crippen molar-refractivity contribution in [1.82, 2.24) is 15.4 Å². The molecule has 1 aliphatic heterocycles. The van der Waals surface area contributed by atoms with Crippen molar-refractivity contribution in [2.45, 2.75) is 26.7 Å². The molecule has 1 unspecified atom stereocenters. The molecule has 1 atom stereocenters. The van der Waals surface area contributed by atoms with Gasteiger partial charge in [0.25, 0.3) is 5.91 Å². The minimum atomic E-state index is 0.0733. The average Bonchev–Trinajstić information content (AvgIpc) is 2.95. The Morgan fingerprint density at radius 2 is 2.39 bits per heavy atom. The molecule has 2 rings (SSSR count). The van der Waals surface area contributed by atoms with Crippen LogP contribution in [-0.4, -0.2) is 42.6 Å². The van der Waals surface area contributed by atoms with Crippen LogP contribution in [0, 0.1) is 12.8 Å².